The van der Waals surface area contributed by atoms with Crippen molar-refractivity contribution in [2.75, 3.05) is 7.05 Å². The van der Waals surface area contributed by atoms with E-state index in [0.29, 0.717) is 6.54 Å². The Kier molecular flexibility index (Phi) is 4.88. The Morgan fingerprint density at radius 3 is 2.70 bits per heavy atom. The van der Waals surface area contributed by atoms with Crippen LogP contribution in [0.3, 0.4) is 0 Å². The smallest absolute Gasteiger partial charge is 0.246 e. The molecule has 116 valence electrons. The zero-order valence-corrected chi connectivity index (χ0v) is 15.0. The molecular formula is C18H15BrN2OS. The van der Waals surface area contributed by atoms with Gasteiger partial charge in [-0.05, 0) is 35.9 Å². The molecule has 0 atom stereocenters. The Labute approximate surface area is 147 Å². The van der Waals surface area contributed by atoms with E-state index in [0.717, 1.165) is 25.3 Å². The third-order valence-electron chi connectivity index (χ3n) is 3.39. The van der Waals surface area contributed by atoms with Crippen LogP contribution in [0.1, 0.15) is 10.6 Å². The van der Waals surface area contributed by atoms with Gasteiger partial charge in [0.25, 0.3) is 0 Å². The van der Waals surface area contributed by atoms with Crippen LogP contribution in [0.2, 0.25) is 0 Å². The summed E-state index contributed by atoms with van der Waals surface area (Å²) in [5.74, 6) is -0.0350. The van der Waals surface area contributed by atoms with Gasteiger partial charge in [-0.25, -0.2) is 4.98 Å². The Morgan fingerprint density at radius 2 is 1.96 bits per heavy atom. The minimum Gasteiger partial charge on any atom is -0.338 e. The summed E-state index contributed by atoms with van der Waals surface area (Å²) in [4.78, 5) is 18.4. The molecule has 0 aliphatic rings. The maximum atomic E-state index is 12.2. The average molecular weight is 387 g/mol. The summed E-state index contributed by atoms with van der Waals surface area (Å²) >= 11 is 4.99. The minimum absolute atomic E-state index is 0.0350. The molecule has 3 rings (SSSR count). The number of carbonyl (C=O) groups excluding carboxylic acids is 1. The Balaban J connectivity index is 1.66. The number of likely N-dealkylation sites (N-methyl/N-ethyl adjacent to an activating group) is 1. The topological polar surface area (TPSA) is 33.2 Å². The van der Waals surface area contributed by atoms with E-state index in [2.05, 4.69) is 20.9 Å². The van der Waals surface area contributed by atoms with Crippen molar-refractivity contribution < 1.29 is 4.79 Å². The van der Waals surface area contributed by atoms with Gasteiger partial charge in [0.2, 0.25) is 5.91 Å². The van der Waals surface area contributed by atoms with Crippen LogP contribution in [0.5, 0.6) is 0 Å². The number of rotatable bonds is 4. The van der Waals surface area contributed by atoms with E-state index in [1.807, 2.05) is 48.5 Å². The van der Waals surface area contributed by atoms with E-state index >= 15 is 0 Å². The lowest BCUT2D eigenvalue weighted by Crippen LogP contribution is -2.24. The number of carbonyl (C=O) groups is 1. The lowest BCUT2D eigenvalue weighted by atomic mass is 10.2. The van der Waals surface area contributed by atoms with E-state index in [-0.39, 0.29) is 5.91 Å². The van der Waals surface area contributed by atoms with Gasteiger partial charge in [0.1, 0.15) is 5.01 Å². The standard InChI is InChI=1S/C18H15BrN2OS/c1-21(12-13-6-8-14(19)9-7-13)18(22)11-10-17-20-15-4-2-3-5-16(15)23-17/h2-11H,12H2,1H3/b11-10+. The molecule has 3 aromatic rings. The summed E-state index contributed by atoms with van der Waals surface area (Å²) in [5.41, 5.74) is 2.06. The van der Waals surface area contributed by atoms with Crippen LogP contribution in [-0.2, 0) is 11.3 Å². The van der Waals surface area contributed by atoms with Crippen LogP contribution < -0.4 is 0 Å². The number of nitrogens with zero attached hydrogens (tertiary/aromatic N) is 2. The zero-order chi connectivity index (χ0) is 16.2. The molecular weight excluding hydrogens is 372 g/mol. The number of para-hydroxylation sites is 1. The highest BCUT2D eigenvalue weighted by atomic mass is 79.9. The summed E-state index contributed by atoms with van der Waals surface area (Å²) in [5, 5.41) is 0.844. The number of aromatic nitrogens is 1. The van der Waals surface area contributed by atoms with Gasteiger partial charge in [0.05, 0.1) is 10.2 Å². The van der Waals surface area contributed by atoms with E-state index in [1.54, 1.807) is 35.4 Å². The SMILES string of the molecule is CN(Cc1ccc(Br)cc1)C(=O)/C=C/c1nc2ccccc2s1. The predicted octanol–water partition coefficient (Wildman–Crippen LogP) is 4.73. The number of hydrogen-bond donors (Lipinski definition) is 0. The second-order valence-electron chi connectivity index (χ2n) is 5.17. The molecule has 0 radical (unpaired) electrons. The monoisotopic (exact) mass is 386 g/mol. The fourth-order valence-corrected chi connectivity index (χ4v) is 3.31. The van der Waals surface area contributed by atoms with Gasteiger partial charge in [0, 0.05) is 24.1 Å². The quantitative estimate of drug-likeness (QED) is 0.607. The zero-order valence-electron chi connectivity index (χ0n) is 12.6. The summed E-state index contributed by atoms with van der Waals surface area (Å²) in [6.45, 7) is 0.580. The highest BCUT2D eigenvalue weighted by Gasteiger charge is 2.06. The van der Waals surface area contributed by atoms with E-state index in [1.165, 1.54) is 0 Å². The first-order chi connectivity index (χ1) is 11.1. The van der Waals surface area contributed by atoms with Crippen molar-refractivity contribution in [3.63, 3.8) is 0 Å². The number of hydrogen-bond acceptors (Lipinski definition) is 3. The van der Waals surface area contributed by atoms with Crippen molar-refractivity contribution in [2.24, 2.45) is 0 Å². The molecule has 0 fully saturated rings. The van der Waals surface area contributed by atoms with Gasteiger partial charge < -0.3 is 4.90 Å². The Morgan fingerprint density at radius 1 is 1.22 bits per heavy atom. The molecule has 0 saturated heterocycles. The third kappa shape index (κ3) is 4.06. The largest absolute Gasteiger partial charge is 0.338 e. The number of halogens is 1. The van der Waals surface area contributed by atoms with Crippen molar-refractivity contribution in [3.05, 3.63) is 69.7 Å². The highest BCUT2D eigenvalue weighted by Crippen LogP contribution is 2.22. The van der Waals surface area contributed by atoms with Crippen molar-refractivity contribution in [2.45, 2.75) is 6.54 Å². The summed E-state index contributed by atoms with van der Waals surface area (Å²) in [6.07, 6.45) is 3.36. The molecule has 5 heteroatoms. The first-order valence-electron chi connectivity index (χ1n) is 7.15. The molecule has 23 heavy (non-hydrogen) atoms. The van der Waals surface area contributed by atoms with E-state index in [4.69, 9.17) is 0 Å². The number of fused-ring (bicyclic) bond motifs is 1. The van der Waals surface area contributed by atoms with Crippen molar-refractivity contribution in [3.8, 4) is 0 Å². The van der Waals surface area contributed by atoms with E-state index < -0.39 is 0 Å². The van der Waals surface area contributed by atoms with Gasteiger partial charge in [-0.15, -0.1) is 11.3 Å². The van der Waals surface area contributed by atoms with Gasteiger partial charge >= 0.3 is 0 Å². The summed E-state index contributed by atoms with van der Waals surface area (Å²) in [6, 6.07) is 15.9. The van der Waals surface area contributed by atoms with Gasteiger partial charge in [0.15, 0.2) is 0 Å². The minimum atomic E-state index is -0.0350. The third-order valence-corrected chi connectivity index (χ3v) is 4.92. The van der Waals surface area contributed by atoms with Crippen LogP contribution >= 0.6 is 27.3 Å². The molecule has 0 aliphatic carbocycles. The molecule has 3 nitrogen and oxygen atoms in total. The average Bonchev–Trinajstić information content (AvgIpc) is 2.97. The van der Waals surface area contributed by atoms with Crippen LogP contribution in [-0.4, -0.2) is 22.8 Å². The lowest BCUT2D eigenvalue weighted by molar-refractivity contribution is -0.125. The first-order valence-corrected chi connectivity index (χ1v) is 8.76. The lowest BCUT2D eigenvalue weighted by Gasteiger charge is -2.15. The fourth-order valence-electron chi connectivity index (χ4n) is 2.17. The Bertz CT molecular complexity index is 822. The normalized spacial score (nSPS) is 11.2. The second kappa shape index (κ2) is 7.06. The number of benzene rings is 2. The molecule has 0 spiro atoms. The molecule has 1 amide bonds. The van der Waals surface area contributed by atoms with Gasteiger partial charge in [-0.3, -0.25) is 4.79 Å². The maximum absolute atomic E-state index is 12.2. The molecule has 1 aromatic heterocycles. The van der Waals surface area contributed by atoms with E-state index in [9.17, 15) is 4.79 Å². The first kappa shape index (κ1) is 15.9. The van der Waals surface area contributed by atoms with Crippen molar-refractivity contribution >= 4 is 49.5 Å². The number of amides is 1. The van der Waals surface area contributed by atoms with Crippen molar-refractivity contribution in [1.29, 1.82) is 0 Å². The molecule has 0 aliphatic heterocycles. The van der Waals surface area contributed by atoms with Crippen LogP contribution in [0.15, 0.2) is 59.1 Å². The van der Waals surface area contributed by atoms with Crippen LogP contribution in [0, 0.1) is 0 Å². The second-order valence-corrected chi connectivity index (χ2v) is 7.15. The van der Waals surface area contributed by atoms with Crippen molar-refractivity contribution in [1.82, 2.24) is 9.88 Å². The summed E-state index contributed by atoms with van der Waals surface area (Å²) < 4.78 is 2.16. The van der Waals surface area contributed by atoms with Crippen LogP contribution in [0.25, 0.3) is 16.3 Å². The number of thiazole rings is 1. The fraction of sp³-hybridized carbons (Fsp3) is 0.111. The summed E-state index contributed by atoms with van der Waals surface area (Å²) in [7, 11) is 1.80. The molecule has 0 bridgehead atoms. The van der Waals surface area contributed by atoms with Gasteiger partial charge in [-0.1, -0.05) is 40.2 Å². The molecule has 1 heterocycles. The highest BCUT2D eigenvalue weighted by molar-refractivity contribution is 9.10. The molecule has 0 unspecified atom stereocenters. The molecule has 0 N–H and O–H groups in total. The molecule has 0 saturated carbocycles. The van der Waals surface area contributed by atoms with Gasteiger partial charge in [-0.2, -0.15) is 0 Å². The Hall–Kier alpha value is -1.98. The predicted molar refractivity (Wildman–Crippen MR) is 99.3 cm³/mol. The van der Waals surface area contributed by atoms with Crippen LogP contribution in [0.4, 0.5) is 0 Å². The maximum Gasteiger partial charge on any atom is 0.246 e. The molecule has 2 aromatic carbocycles.